The van der Waals surface area contributed by atoms with Gasteiger partial charge < -0.3 is 5.32 Å². The minimum absolute atomic E-state index is 0.0609. The standard InChI is InChI=1S/C11H7ClFN3O/c12-9-5-14-6-10(15-9)16-11(17)7-3-1-2-4-8(7)13/h1-6H,(H,15,16,17). The maximum Gasteiger partial charge on any atom is 0.259 e. The Bertz CT molecular complexity index is 562. The molecule has 1 N–H and O–H groups in total. The Balaban J connectivity index is 2.20. The molecule has 2 rings (SSSR count). The van der Waals surface area contributed by atoms with E-state index in [0.29, 0.717) is 0 Å². The molecule has 0 radical (unpaired) electrons. The van der Waals surface area contributed by atoms with Gasteiger partial charge in [-0.1, -0.05) is 23.7 Å². The number of hydrogen-bond donors (Lipinski definition) is 1. The molecule has 17 heavy (non-hydrogen) atoms. The number of carbonyl (C=O) groups excluding carboxylic acids is 1. The molecule has 0 atom stereocenters. The van der Waals surface area contributed by atoms with Gasteiger partial charge in [0.1, 0.15) is 11.0 Å². The minimum atomic E-state index is -0.598. The molecule has 1 heterocycles. The first-order chi connectivity index (χ1) is 8.16. The van der Waals surface area contributed by atoms with Crippen molar-refractivity contribution in [2.45, 2.75) is 0 Å². The Kier molecular flexibility index (Phi) is 3.30. The van der Waals surface area contributed by atoms with Crippen LogP contribution < -0.4 is 5.32 Å². The number of nitrogens with zero attached hydrogens (tertiary/aromatic N) is 2. The van der Waals surface area contributed by atoms with Gasteiger partial charge in [-0.05, 0) is 12.1 Å². The van der Waals surface area contributed by atoms with Crippen molar-refractivity contribution < 1.29 is 9.18 Å². The lowest BCUT2D eigenvalue weighted by Gasteiger charge is -2.04. The minimum Gasteiger partial charge on any atom is -0.305 e. The summed E-state index contributed by atoms with van der Waals surface area (Å²) in [6.07, 6.45) is 2.66. The first kappa shape index (κ1) is 11.5. The van der Waals surface area contributed by atoms with Crippen LogP contribution in [0, 0.1) is 5.82 Å². The molecule has 0 bridgehead atoms. The van der Waals surface area contributed by atoms with E-state index in [0.717, 1.165) is 0 Å². The summed E-state index contributed by atoms with van der Waals surface area (Å²) in [6.45, 7) is 0. The molecule has 6 heteroatoms. The van der Waals surface area contributed by atoms with E-state index in [1.165, 1.54) is 30.6 Å². The summed E-state index contributed by atoms with van der Waals surface area (Å²) >= 11 is 5.61. The lowest BCUT2D eigenvalue weighted by Crippen LogP contribution is -2.14. The Hall–Kier alpha value is -2.01. The topological polar surface area (TPSA) is 54.9 Å². The number of nitrogens with one attached hydrogen (secondary N) is 1. The molecule has 0 saturated carbocycles. The molecule has 0 fully saturated rings. The van der Waals surface area contributed by atoms with Crippen molar-refractivity contribution in [3.05, 3.63) is 53.2 Å². The number of halogens is 2. The number of benzene rings is 1. The zero-order chi connectivity index (χ0) is 12.3. The predicted molar refractivity (Wildman–Crippen MR) is 61.4 cm³/mol. The van der Waals surface area contributed by atoms with Crippen molar-refractivity contribution in [3.8, 4) is 0 Å². The maximum absolute atomic E-state index is 13.3. The van der Waals surface area contributed by atoms with Crippen LogP contribution in [0.1, 0.15) is 10.4 Å². The molecule has 86 valence electrons. The normalized spacial score (nSPS) is 10.0. The molecule has 0 aliphatic carbocycles. The molecule has 0 saturated heterocycles. The van der Waals surface area contributed by atoms with Crippen molar-refractivity contribution >= 4 is 23.3 Å². The quantitative estimate of drug-likeness (QED) is 0.892. The molecule has 1 aromatic carbocycles. The summed E-state index contributed by atoms with van der Waals surface area (Å²) in [6, 6.07) is 5.66. The third-order valence-electron chi connectivity index (χ3n) is 1.97. The highest BCUT2D eigenvalue weighted by molar-refractivity contribution is 6.29. The number of hydrogen-bond acceptors (Lipinski definition) is 3. The van der Waals surface area contributed by atoms with Gasteiger partial charge in [0.25, 0.3) is 5.91 Å². The summed E-state index contributed by atoms with van der Waals surface area (Å²) in [7, 11) is 0. The van der Waals surface area contributed by atoms with Gasteiger partial charge in [-0.3, -0.25) is 9.78 Å². The van der Waals surface area contributed by atoms with E-state index in [-0.39, 0.29) is 16.5 Å². The highest BCUT2D eigenvalue weighted by Gasteiger charge is 2.11. The monoisotopic (exact) mass is 251 g/mol. The first-order valence-corrected chi connectivity index (χ1v) is 5.08. The molecule has 1 amide bonds. The Labute approximate surface area is 101 Å². The number of rotatable bonds is 2. The van der Waals surface area contributed by atoms with E-state index in [1.807, 2.05) is 0 Å². The molecular formula is C11H7ClFN3O. The third-order valence-corrected chi connectivity index (χ3v) is 2.15. The van der Waals surface area contributed by atoms with Crippen molar-refractivity contribution in [3.63, 3.8) is 0 Å². The summed E-state index contributed by atoms with van der Waals surface area (Å²) in [5.74, 6) is -1.02. The second-order valence-electron chi connectivity index (χ2n) is 3.16. The summed E-state index contributed by atoms with van der Waals surface area (Å²) < 4.78 is 13.3. The predicted octanol–water partition coefficient (Wildman–Crippen LogP) is 2.52. The van der Waals surface area contributed by atoms with E-state index in [4.69, 9.17) is 11.6 Å². The molecule has 2 aromatic rings. The van der Waals surface area contributed by atoms with E-state index in [9.17, 15) is 9.18 Å². The second-order valence-corrected chi connectivity index (χ2v) is 3.55. The fraction of sp³-hybridized carbons (Fsp3) is 0. The van der Waals surface area contributed by atoms with Crippen molar-refractivity contribution in [2.75, 3.05) is 5.32 Å². The van der Waals surface area contributed by atoms with Crippen LogP contribution in [0.3, 0.4) is 0 Å². The third kappa shape index (κ3) is 2.76. The zero-order valence-corrected chi connectivity index (χ0v) is 9.28. The Morgan fingerprint density at radius 1 is 1.29 bits per heavy atom. The van der Waals surface area contributed by atoms with Crippen LogP contribution in [0.4, 0.5) is 10.2 Å². The molecule has 1 aromatic heterocycles. The van der Waals surface area contributed by atoms with Crippen LogP contribution in [-0.4, -0.2) is 15.9 Å². The lowest BCUT2D eigenvalue weighted by molar-refractivity contribution is 0.102. The summed E-state index contributed by atoms with van der Waals surface area (Å²) in [4.78, 5) is 19.3. The van der Waals surface area contributed by atoms with Crippen molar-refractivity contribution in [2.24, 2.45) is 0 Å². The smallest absolute Gasteiger partial charge is 0.259 e. The molecule has 0 aliphatic rings. The Morgan fingerprint density at radius 2 is 2.06 bits per heavy atom. The van der Waals surface area contributed by atoms with Gasteiger partial charge in [0.05, 0.1) is 18.0 Å². The van der Waals surface area contributed by atoms with Gasteiger partial charge in [0.2, 0.25) is 0 Å². The maximum atomic E-state index is 13.3. The van der Waals surface area contributed by atoms with E-state index >= 15 is 0 Å². The van der Waals surface area contributed by atoms with Gasteiger partial charge in [0, 0.05) is 0 Å². The molecule has 0 spiro atoms. The highest BCUT2D eigenvalue weighted by Crippen LogP contribution is 2.11. The fourth-order valence-electron chi connectivity index (χ4n) is 1.23. The zero-order valence-electron chi connectivity index (χ0n) is 8.52. The average Bonchev–Trinajstić information content (AvgIpc) is 2.29. The number of carbonyl (C=O) groups is 1. The van der Waals surface area contributed by atoms with E-state index in [1.54, 1.807) is 6.07 Å². The van der Waals surface area contributed by atoms with E-state index < -0.39 is 11.7 Å². The average molecular weight is 252 g/mol. The molecule has 0 aliphatic heterocycles. The van der Waals surface area contributed by atoms with Gasteiger partial charge in [-0.25, -0.2) is 9.37 Å². The second kappa shape index (κ2) is 4.88. The van der Waals surface area contributed by atoms with Crippen LogP contribution in [0.2, 0.25) is 5.15 Å². The fourth-order valence-corrected chi connectivity index (χ4v) is 1.38. The number of amides is 1. The van der Waals surface area contributed by atoms with Crippen molar-refractivity contribution in [1.82, 2.24) is 9.97 Å². The molecule has 4 nitrogen and oxygen atoms in total. The summed E-state index contributed by atoms with van der Waals surface area (Å²) in [5, 5.41) is 2.55. The summed E-state index contributed by atoms with van der Waals surface area (Å²) in [5.41, 5.74) is -0.0609. The highest BCUT2D eigenvalue weighted by atomic mass is 35.5. The van der Waals surface area contributed by atoms with Gasteiger partial charge in [-0.15, -0.1) is 0 Å². The van der Waals surface area contributed by atoms with Crippen LogP contribution in [0.25, 0.3) is 0 Å². The largest absolute Gasteiger partial charge is 0.305 e. The van der Waals surface area contributed by atoms with E-state index in [2.05, 4.69) is 15.3 Å². The number of anilines is 1. The van der Waals surface area contributed by atoms with Crippen LogP contribution in [0.5, 0.6) is 0 Å². The van der Waals surface area contributed by atoms with Gasteiger partial charge in [-0.2, -0.15) is 0 Å². The van der Waals surface area contributed by atoms with Crippen LogP contribution in [0.15, 0.2) is 36.7 Å². The first-order valence-electron chi connectivity index (χ1n) is 4.70. The number of aromatic nitrogens is 2. The van der Waals surface area contributed by atoms with Crippen molar-refractivity contribution in [1.29, 1.82) is 0 Å². The van der Waals surface area contributed by atoms with Crippen LogP contribution >= 0.6 is 11.6 Å². The SMILES string of the molecule is O=C(Nc1cncc(Cl)n1)c1ccccc1F. The van der Waals surface area contributed by atoms with Gasteiger partial charge >= 0.3 is 0 Å². The molecular weight excluding hydrogens is 245 g/mol. The molecule has 0 unspecified atom stereocenters. The lowest BCUT2D eigenvalue weighted by atomic mass is 10.2. The van der Waals surface area contributed by atoms with Crippen LogP contribution in [-0.2, 0) is 0 Å². The Morgan fingerprint density at radius 3 is 2.76 bits per heavy atom. The van der Waals surface area contributed by atoms with Gasteiger partial charge in [0.15, 0.2) is 5.82 Å².